The van der Waals surface area contributed by atoms with Gasteiger partial charge >= 0.3 is 12.1 Å². The Balaban J connectivity index is 2.43. The molecule has 0 radical (unpaired) electrons. The zero-order valence-electron chi connectivity index (χ0n) is 21.3. The van der Waals surface area contributed by atoms with Crippen LogP contribution in [-0.4, -0.2) is 34.4 Å². The van der Waals surface area contributed by atoms with Crippen LogP contribution in [0.25, 0.3) is 21.9 Å². The van der Waals surface area contributed by atoms with Crippen molar-refractivity contribution in [3.63, 3.8) is 0 Å². The molecule has 0 saturated carbocycles. The summed E-state index contributed by atoms with van der Waals surface area (Å²) < 4.78 is 11.9. The zero-order chi connectivity index (χ0) is 26.8. The smallest absolute Gasteiger partial charge is 0.407 e. The highest BCUT2D eigenvalue weighted by Crippen LogP contribution is 2.37. The second-order valence-corrected chi connectivity index (χ2v) is 10.3. The molecule has 0 aliphatic heterocycles. The van der Waals surface area contributed by atoms with Crippen LogP contribution in [-0.2, 0) is 22.6 Å². The van der Waals surface area contributed by atoms with Crippen LogP contribution in [0.4, 0.5) is 4.79 Å². The molecule has 2 N–H and O–H groups in total. The van der Waals surface area contributed by atoms with Gasteiger partial charge in [-0.05, 0) is 56.5 Å². The lowest BCUT2D eigenvalue weighted by Crippen LogP contribution is -2.35. The van der Waals surface area contributed by atoms with Crippen molar-refractivity contribution < 1.29 is 24.2 Å². The molecule has 0 aliphatic carbocycles. The first-order valence-electron chi connectivity index (χ1n) is 11.6. The number of hydrogen-bond donors (Lipinski definition) is 2. The number of halogens is 1. The van der Waals surface area contributed by atoms with Gasteiger partial charge in [0, 0.05) is 33.6 Å². The predicted octanol–water partition coefficient (Wildman–Crippen LogP) is 5.49. The molecule has 1 aromatic heterocycles. The molecule has 3 rings (SSSR count). The number of ether oxygens (including phenoxy) is 2. The van der Waals surface area contributed by atoms with E-state index in [0.717, 1.165) is 0 Å². The number of amides is 1. The lowest BCUT2D eigenvalue weighted by molar-refractivity contribution is 0.0520. The quantitative estimate of drug-likeness (QED) is 0.421. The van der Waals surface area contributed by atoms with Crippen LogP contribution < -0.4 is 10.9 Å². The third-order valence-corrected chi connectivity index (χ3v) is 5.64. The fraction of sp³-hybridized carbons (Fsp3) is 0.370. The fourth-order valence-electron chi connectivity index (χ4n) is 4.03. The van der Waals surface area contributed by atoms with Gasteiger partial charge in [0.25, 0.3) is 5.56 Å². The number of nitrogens with zero attached hydrogens (tertiary/aromatic N) is 1. The zero-order valence-corrected chi connectivity index (χ0v) is 22.0. The highest BCUT2D eigenvalue weighted by molar-refractivity contribution is 6.30. The van der Waals surface area contributed by atoms with Crippen molar-refractivity contribution in [2.24, 2.45) is 5.92 Å². The van der Waals surface area contributed by atoms with Gasteiger partial charge in [-0.3, -0.25) is 4.79 Å². The number of pyridine rings is 1. The minimum Gasteiger partial charge on any atom is -0.507 e. The Morgan fingerprint density at radius 3 is 2.31 bits per heavy atom. The van der Waals surface area contributed by atoms with Crippen molar-refractivity contribution in [1.82, 2.24) is 9.88 Å². The molecule has 2 aromatic carbocycles. The van der Waals surface area contributed by atoms with Gasteiger partial charge in [-0.15, -0.1) is 0 Å². The molecule has 0 saturated heterocycles. The molecular weight excluding hydrogens is 484 g/mol. The summed E-state index contributed by atoms with van der Waals surface area (Å²) in [5.74, 6) is -1.02. The number of carbonyl (C=O) groups excluding carboxylic acids is 2. The second-order valence-electron chi connectivity index (χ2n) is 9.87. The first kappa shape index (κ1) is 27.1. The van der Waals surface area contributed by atoms with Crippen LogP contribution in [0.1, 0.15) is 50.7 Å². The number of aromatic hydroxyl groups is 1. The monoisotopic (exact) mass is 514 g/mol. The van der Waals surface area contributed by atoms with Crippen LogP contribution in [0.2, 0.25) is 5.02 Å². The minimum absolute atomic E-state index is 0.0684. The van der Waals surface area contributed by atoms with Crippen molar-refractivity contribution in [3.8, 4) is 16.9 Å². The normalized spacial score (nSPS) is 11.6. The Morgan fingerprint density at radius 1 is 1.11 bits per heavy atom. The van der Waals surface area contributed by atoms with Crippen molar-refractivity contribution in [2.75, 3.05) is 7.11 Å². The van der Waals surface area contributed by atoms with Crippen molar-refractivity contribution >= 4 is 34.4 Å². The summed E-state index contributed by atoms with van der Waals surface area (Å²) in [6.07, 6.45) is -0.655. The van der Waals surface area contributed by atoms with Crippen LogP contribution >= 0.6 is 11.6 Å². The van der Waals surface area contributed by atoms with E-state index in [2.05, 4.69) is 5.32 Å². The van der Waals surface area contributed by atoms with Crippen LogP contribution in [0.3, 0.4) is 0 Å². The SMILES string of the molecule is COC(=O)c1c(O)ccc2c(=O)n(CC(C)C)c(CNC(=O)OC(C)(C)C)c(-c3ccc(Cl)cc3)c12. The van der Waals surface area contributed by atoms with Crippen LogP contribution in [0, 0.1) is 5.92 Å². The first-order chi connectivity index (χ1) is 16.8. The molecule has 0 unspecified atom stereocenters. The summed E-state index contributed by atoms with van der Waals surface area (Å²) >= 11 is 6.13. The molecular formula is C27H31ClN2O6. The number of phenolic OH excluding ortho intramolecular Hbond substituents is 1. The number of esters is 1. The van der Waals surface area contributed by atoms with E-state index in [0.29, 0.717) is 28.4 Å². The molecule has 0 fully saturated rings. The van der Waals surface area contributed by atoms with E-state index in [1.807, 2.05) is 13.8 Å². The lowest BCUT2D eigenvalue weighted by Gasteiger charge is -2.24. The molecule has 192 valence electrons. The second kappa shape index (κ2) is 10.6. The maximum atomic E-state index is 13.7. The number of phenols is 1. The number of rotatable bonds is 6. The van der Waals surface area contributed by atoms with Crippen LogP contribution in [0.5, 0.6) is 5.75 Å². The number of methoxy groups -OCH3 is 1. The summed E-state index contributed by atoms with van der Waals surface area (Å²) in [4.78, 5) is 39.1. The molecule has 9 heteroatoms. The maximum absolute atomic E-state index is 13.7. The van der Waals surface area contributed by atoms with E-state index in [-0.39, 0.29) is 40.1 Å². The number of carbonyl (C=O) groups is 2. The highest BCUT2D eigenvalue weighted by atomic mass is 35.5. The molecule has 3 aromatic rings. The Kier molecular flexibility index (Phi) is 7.99. The number of fused-ring (bicyclic) bond motifs is 1. The molecule has 1 amide bonds. The standard InChI is InChI=1S/C27H31ClN2O6/c1-15(2)14-30-19(13-29-26(34)36-27(3,4)5)21(16-7-9-17(28)10-8-16)22-18(24(30)32)11-12-20(31)23(22)25(33)35-6/h7-12,15,31H,13-14H2,1-6H3,(H,29,34). The third kappa shape index (κ3) is 5.82. The molecule has 0 atom stereocenters. The van der Waals surface area contributed by atoms with Crippen molar-refractivity contribution in [3.05, 3.63) is 63.0 Å². The van der Waals surface area contributed by atoms with Gasteiger partial charge in [-0.2, -0.15) is 0 Å². The largest absolute Gasteiger partial charge is 0.507 e. The van der Waals surface area contributed by atoms with E-state index in [1.165, 1.54) is 19.2 Å². The predicted molar refractivity (Wildman–Crippen MR) is 140 cm³/mol. The van der Waals surface area contributed by atoms with Gasteiger partial charge < -0.3 is 24.5 Å². The summed E-state index contributed by atoms with van der Waals surface area (Å²) in [6, 6.07) is 9.67. The summed E-state index contributed by atoms with van der Waals surface area (Å²) in [7, 11) is 1.20. The maximum Gasteiger partial charge on any atom is 0.407 e. The minimum atomic E-state index is -0.791. The molecule has 36 heavy (non-hydrogen) atoms. The summed E-state index contributed by atoms with van der Waals surface area (Å²) in [5, 5.41) is 14.4. The van der Waals surface area contributed by atoms with E-state index in [9.17, 15) is 19.5 Å². The van der Waals surface area contributed by atoms with E-state index >= 15 is 0 Å². The van der Waals surface area contributed by atoms with Gasteiger partial charge in [-0.1, -0.05) is 37.6 Å². The van der Waals surface area contributed by atoms with Crippen molar-refractivity contribution in [2.45, 2.75) is 53.3 Å². The third-order valence-electron chi connectivity index (χ3n) is 5.39. The topological polar surface area (TPSA) is 107 Å². The number of alkyl carbamates (subject to hydrolysis) is 1. The Hall–Kier alpha value is -3.52. The van der Waals surface area contributed by atoms with Gasteiger partial charge in [0.1, 0.15) is 16.9 Å². The molecule has 1 heterocycles. The summed E-state index contributed by atoms with van der Waals surface area (Å²) in [5.41, 5.74) is 0.376. The van der Waals surface area contributed by atoms with E-state index in [4.69, 9.17) is 21.1 Å². The van der Waals surface area contributed by atoms with Crippen molar-refractivity contribution in [1.29, 1.82) is 0 Å². The van der Waals surface area contributed by atoms with Gasteiger partial charge in [0.15, 0.2) is 0 Å². The Bertz CT molecular complexity index is 1350. The first-order valence-corrected chi connectivity index (χ1v) is 11.9. The van der Waals surface area contributed by atoms with Gasteiger partial charge in [0.05, 0.1) is 13.7 Å². The van der Waals surface area contributed by atoms with E-state index in [1.54, 1.807) is 49.6 Å². The number of benzene rings is 2. The Morgan fingerprint density at radius 2 is 1.75 bits per heavy atom. The number of hydrogen-bond acceptors (Lipinski definition) is 6. The number of nitrogens with one attached hydrogen (secondary N) is 1. The fourth-order valence-corrected chi connectivity index (χ4v) is 4.15. The molecule has 0 bridgehead atoms. The van der Waals surface area contributed by atoms with Crippen LogP contribution in [0.15, 0.2) is 41.2 Å². The molecule has 8 nitrogen and oxygen atoms in total. The Labute approximate surface area is 214 Å². The number of aromatic nitrogens is 1. The van der Waals surface area contributed by atoms with Gasteiger partial charge in [0.2, 0.25) is 0 Å². The average Bonchev–Trinajstić information content (AvgIpc) is 2.78. The average molecular weight is 515 g/mol. The van der Waals surface area contributed by atoms with Gasteiger partial charge in [-0.25, -0.2) is 9.59 Å². The van der Waals surface area contributed by atoms with E-state index < -0.39 is 17.7 Å². The molecule has 0 aliphatic rings. The highest BCUT2D eigenvalue weighted by Gasteiger charge is 2.26. The summed E-state index contributed by atoms with van der Waals surface area (Å²) in [6.45, 7) is 9.49. The lowest BCUT2D eigenvalue weighted by atomic mass is 9.92. The molecule has 0 spiro atoms.